The van der Waals surface area contributed by atoms with Crippen LogP contribution < -0.4 is 4.72 Å². The molecule has 0 fully saturated rings. The van der Waals surface area contributed by atoms with Crippen LogP contribution in [-0.2, 0) is 11.0 Å². The Kier molecular flexibility index (Phi) is 5.37. The van der Waals surface area contributed by atoms with Gasteiger partial charge in [-0.05, 0) is 32.9 Å². The van der Waals surface area contributed by atoms with Gasteiger partial charge in [0.15, 0.2) is 6.04 Å². The summed E-state index contributed by atoms with van der Waals surface area (Å²) in [7, 11) is -1.93. The van der Waals surface area contributed by atoms with E-state index in [1.54, 1.807) is 45.0 Å². The lowest BCUT2D eigenvalue weighted by Gasteiger charge is -2.25. The van der Waals surface area contributed by atoms with Gasteiger partial charge in [0.1, 0.15) is 6.33 Å². The van der Waals surface area contributed by atoms with Gasteiger partial charge in [0, 0.05) is 10.6 Å². The van der Waals surface area contributed by atoms with Gasteiger partial charge in [-0.15, -0.1) is 0 Å². The van der Waals surface area contributed by atoms with Gasteiger partial charge in [0.05, 0.1) is 26.3 Å². The van der Waals surface area contributed by atoms with Crippen LogP contribution in [0.3, 0.4) is 0 Å². The number of hydrogen-bond acceptors (Lipinski definition) is 4. The van der Waals surface area contributed by atoms with Gasteiger partial charge < -0.3 is 0 Å². The highest BCUT2D eigenvalue weighted by molar-refractivity contribution is 7.84. The van der Waals surface area contributed by atoms with Crippen molar-refractivity contribution in [2.45, 2.75) is 37.7 Å². The molecule has 2 heterocycles. The monoisotopic (exact) mass is 436 g/mol. The SMILES string of the molecule is CC(C)(C)[S@](=O)N[C@@H](c1sc2ncnn2c1-c1cccc(Cl)c1)C(F)(F)F. The van der Waals surface area contributed by atoms with E-state index in [0.717, 1.165) is 11.3 Å². The van der Waals surface area contributed by atoms with E-state index < -0.39 is 28.0 Å². The zero-order valence-corrected chi connectivity index (χ0v) is 16.9. The molecule has 1 aromatic carbocycles. The maximum Gasteiger partial charge on any atom is 0.409 e. The summed E-state index contributed by atoms with van der Waals surface area (Å²) < 4.78 is 56.8. The fourth-order valence-corrected chi connectivity index (χ4v) is 4.57. The summed E-state index contributed by atoms with van der Waals surface area (Å²) in [6.45, 7) is 4.80. The van der Waals surface area contributed by atoms with E-state index in [2.05, 4.69) is 14.8 Å². The molecule has 0 aliphatic heterocycles. The molecule has 0 saturated heterocycles. The van der Waals surface area contributed by atoms with Crippen LogP contribution in [0, 0.1) is 0 Å². The predicted molar refractivity (Wildman–Crippen MR) is 101 cm³/mol. The average molecular weight is 437 g/mol. The molecular weight excluding hydrogens is 421 g/mol. The molecule has 27 heavy (non-hydrogen) atoms. The molecule has 0 radical (unpaired) electrons. The highest BCUT2D eigenvalue weighted by Crippen LogP contribution is 2.43. The molecule has 3 aromatic rings. The van der Waals surface area contributed by atoms with Gasteiger partial charge in [-0.2, -0.15) is 18.3 Å². The molecule has 0 bridgehead atoms. The first-order valence-electron chi connectivity index (χ1n) is 7.81. The number of rotatable bonds is 4. The summed E-state index contributed by atoms with van der Waals surface area (Å²) in [6, 6.07) is 4.34. The Morgan fingerprint density at radius 2 is 2.00 bits per heavy atom. The van der Waals surface area contributed by atoms with Crippen LogP contribution in [0.1, 0.15) is 31.7 Å². The lowest BCUT2D eigenvalue weighted by atomic mass is 10.1. The van der Waals surface area contributed by atoms with Gasteiger partial charge in [-0.25, -0.2) is 18.4 Å². The summed E-state index contributed by atoms with van der Waals surface area (Å²) in [5.41, 5.74) is 0.683. The fraction of sp³-hybridized carbons (Fsp3) is 0.375. The zero-order chi connectivity index (χ0) is 20.0. The molecule has 0 saturated carbocycles. The highest BCUT2D eigenvalue weighted by Gasteiger charge is 2.46. The molecule has 0 aliphatic carbocycles. The summed E-state index contributed by atoms with van der Waals surface area (Å²) in [4.78, 5) is 4.24. The molecule has 1 N–H and O–H groups in total. The molecule has 0 spiro atoms. The Hall–Kier alpha value is -1.49. The molecule has 2 atom stereocenters. The van der Waals surface area contributed by atoms with Crippen LogP contribution in [0.2, 0.25) is 5.02 Å². The molecular formula is C16H16ClF3N4OS2. The number of nitrogens with zero attached hydrogens (tertiary/aromatic N) is 3. The van der Waals surface area contributed by atoms with Crippen molar-refractivity contribution in [3.63, 3.8) is 0 Å². The molecule has 3 rings (SSSR count). The second-order valence-electron chi connectivity index (χ2n) is 6.75. The summed E-state index contributed by atoms with van der Waals surface area (Å²) in [6.07, 6.45) is -3.40. The molecule has 0 aliphatic rings. The number of fused-ring (bicyclic) bond motifs is 1. The Morgan fingerprint density at radius 1 is 1.30 bits per heavy atom. The minimum absolute atomic E-state index is 0.0713. The Morgan fingerprint density at radius 3 is 2.59 bits per heavy atom. The van der Waals surface area contributed by atoms with Gasteiger partial charge in [0.2, 0.25) is 4.96 Å². The molecule has 5 nitrogen and oxygen atoms in total. The second kappa shape index (κ2) is 7.16. The third kappa shape index (κ3) is 4.18. The smallest absolute Gasteiger partial charge is 0.242 e. The van der Waals surface area contributed by atoms with Crippen LogP contribution in [0.25, 0.3) is 16.2 Å². The maximum absolute atomic E-state index is 13.9. The number of thiazole rings is 1. The van der Waals surface area contributed by atoms with Crippen LogP contribution in [0.4, 0.5) is 13.2 Å². The quantitative estimate of drug-likeness (QED) is 0.641. The highest BCUT2D eigenvalue weighted by atomic mass is 35.5. The minimum atomic E-state index is -4.67. The van der Waals surface area contributed by atoms with E-state index in [4.69, 9.17) is 11.6 Å². The number of nitrogens with one attached hydrogen (secondary N) is 1. The molecule has 11 heteroatoms. The first-order chi connectivity index (χ1) is 12.5. The molecule has 146 valence electrons. The van der Waals surface area contributed by atoms with Gasteiger partial charge >= 0.3 is 6.18 Å². The third-order valence-corrected chi connectivity index (χ3v) is 6.54. The summed E-state index contributed by atoms with van der Waals surface area (Å²) >= 11 is 6.87. The largest absolute Gasteiger partial charge is 0.409 e. The van der Waals surface area contributed by atoms with Crippen molar-refractivity contribution >= 4 is 38.9 Å². The predicted octanol–water partition coefficient (Wildman–Crippen LogP) is 4.77. The van der Waals surface area contributed by atoms with E-state index in [-0.39, 0.29) is 10.6 Å². The van der Waals surface area contributed by atoms with E-state index >= 15 is 0 Å². The molecule has 0 unspecified atom stereocenters. The first-order valence-corrected chi connectivity index (χ1v) is 10.2. The standard InChI is InChI=1S/C16H16ClF3N4OS2/c1-15(2,3)27(25)23-13(16(18,19)20)12-11(9-5-4-6-10(17)7-9)24-14(26-12)21-8-22-24/h4-8,13,23H,1-3H3/t13-,27-/m0/s1. The maximum atomic E-state index is 13.9. The van der Waals surface area contributed by atoms with Gasteiger partial charge in [-0.1, -0.05) is 35.1 Å². The number of alkyl halides is 3. The van der Waals surface area contributed by atoms with Crippen LogP contribution in [0.5, 0.6) is 0 Å². The van der Waals surface area contributed by atoms with E-state index in [9.17, 15) is 17.4 Å². The lowest BCUT2D eigenvalue weighted by molar-refractivity contribution is -0.152. The minimum Gasteiger partial charge on any atom is -0.242 e. The van der Waals surface area contributed by atoms with Crippen LogP contribution in [-0.4, -0.2) is 29.7 Å². The topological polar surface area (TPSA) is 59.3 Å². The number of halogens is 4. The zero-order valence-electron chi connectivity index (χ0n) is 14.5. The Labute approximate surface area is 165 Å². The third-order valence-electron chi connectivity index (χ3n) is 3.63. The van der Waals surface area contributed by atoms with Crippen LogP contribution >= 0.6 is 22.9 Å². The van der Waals surface area contributed by atoms with Crippen molar-refractivity contribution < 1.29 is 17.4 Å². The number of hydrogen-bond donors (Lipinski definition) is 1. The Balaban J connectivity index is 2.19. The second-order valence-corrected chi connectivity index (χ2v) is 10.2. The van der Waals surface area contributed by atoms with E-state index in [0.29, 0.717) is 15.5 Å². The average Bonchev–Trinajstić information content (AvgIpc) is 3.10. The summed E-state index contributed by atoms with van der Waals surface area (Å²) in [5.74, 6) is 0. The van der Waals surface area contributed by atoms with Crippen LogP contribution in [0.15, 0.2) is 30.6 Å². The molecule has 2 aromatic heterocycles. The van der Waals surface area contributed by atoms with Crippen molar-refractivity contribution in [3.8, 4) is 11.3 Å². The van der Waals surface area contributed by atoms with Crippen molar-refractivity contribution in [3.05, 3.63) is 40.5 Å². The first kappa shape index (κ1) is 20.2. The van der Waals surface area contributed by atoms with Crippen molar-refractivity contribution in [1.82, 2.24) is 19.3 Å². The lowest BCUT2D eigenvalue weighted by Crippen LogP contribution is -2.41. The van der Waals surface area contributed by atoms with Gasteiger partial charge in [-0.3, -0.25) is 0 Å². The Bertz CT molecular complexity index is 994. The fourth-order valence-electron chi connectivity index (χ4n) is 2.35. The normalized spacial score (nSPS) is 15.2. The molecule has 0 amide bonds. The number of aromatic nitrogens is 3. The summed E-state index contributed by atoms with van der Waals surface area (Å²) in [5, 5.41) is 4.42. The number of benzene rings is 1. The van der Waals surface area contributed by atoms with Gasteiger partial charge in [0.25, 0.3) is 0 Å². The van der Waals surface area contributed by atoms with Crippen molar-refractivity contribution in [1.29, 1.82) is 0 Å². The van der Waals surface area contributed by atoms with E-state index in [1.165, 1.54) is 10.8 Å². The van der Waals surface area contributed by atoms with E-state index in [1.807, 2.05) is 0 Å². The van der Waals surface area contributed by atoms with Crippen molar-refractivity contribution in [2.75, 3.05) is 0 Å². The van der Waals surface area contributed by atoms with Crippen molar-refractivity contribution in [2.24, 2.45) is 0 Å².